The molecule has 8 aromatic heterocycles. The van der Waals surface area contributed by atoms with E-state index < -0.39 is 28.6 Å². The third kappa shape index (κ3) is 10.3. The monoisotopic (exact) mass is 1150 g/mol. The number of nitrogens with zero attached hydrogens (tertiary/aromatic N) is 6. The van der Waals surface area contributed by atoms with Gasteiger partial charge in [0.05, 0.1) is 28.5 Å². The van der Waals surface area contributed by atoms with E-state index in [0.29, 0.717) is 56.4 Å². The van der Waals surface area contributed by atoms with Crippen LogP contribution in [0.3, 0.4) is 0 Å². The smallest absolute Gasteiger partial charge is 0.279 e. The van der Waals surface area contributed by atoms with Gasteiger partial charge in [-0.25, -0.2) is 47.5 Å². The van der Waals surface area contributed by atoms with Gasteiger partial charge in [0, 0.05) is 67.6 Å². The van der Waals surface area contributed by atoms with Crippen molar-refractivity contribution in [3.8, 4) is 67.5 Å². The minimum absolute atomic E-state index is 0.0259. The lowest BCUT2D eigenvalue weighted by atomic mass is 10.0. The molecule has 0 spiro atoms. The third-order valence-corrected chi connectivity index (χ3v) is 13.4. The molecule has 400 valence electrons. The first-order valence-corrected chi connectivity index (χ1v) is 25.7. The van der Waals surface area contributed by atoms with E-state index >= 15 is 0 Å². The first kappa shape index (κ1) is 52.2. The van der Waals surface area contributed by atoms with E-state index in [1.54, 1.807) is 24.3 Å². The van der Waals surface area contributed by atoms with Gasteiger partial charge in [-0.1, -0.05) is 60.7 Å². The number of fused-ring (bicyclic) bond motifs is 5. The molecule has 0 aliphatic rings. The van der Waals surface area contributed by atoms with E-state index in [0.717, 1.165) is 32.9 Å². The largest absolute Gasteiger partial charge is 0.360 e. The normalized spacial score (nSPS) is 11.2. The van der Waals surface area contributed by atoms with Crippen LogP contribution in [0.15, 0.2) is 172 Å². The van der Waals surface area contributed by atoms with Crippen LogP contribution in [0.4, 0.5) is 17.6 Å². The number of para-hydroxylation sites is 2. The molecule has 14 rings (SSSR count). The summed E-state index contributed by atoms with van der Waals surface area (Å²) >= 11 is 15.1. The summed E-state index contributed by atoms with van der Waals surface area (Å²) in [5.74, 6) is -1.70. The molecule has 8 N–H and O–H groups in total. The average Bonchev–Trinajstić information content (AvgIpc) is 4.02. The lowest BCUT2D eigenvalue weighted by Crippen LogP contribution is -2.12. The number of hydrogen-bond acceptors (Lipinski definition) is 12. The predicted octanol–water partition coefficient (Wildman–Crippen LogP) is 12.6. The zero-order chi connectivity index (χ0) is 56.8. The maximum absolute atomic E-state index is 13.7. The number of aromatic amines is 8. The van der Waals surface area contributed by atoms with Crippen molar-refractivity contribution in [3.63, 3.8) is 0 Å². The fraction of sp³-hybridized carbons (Fsp3) is 0. The molecule has 0 bridgehead atoms. The molecule has 8 heterocycles. The summed E-state index contributed by atoms with van der Waals surface area (Å²) in [7, 11) is 0. The topological polar surface area (TPSA) is 255 Å². The molecule has 17 nitrogen and oxygen atoms in total. The highest BCUT2D eigenvalue weighted by Crippen LogP contribution is 2.38. The maximum atomic E-state index is 13.7. The summed E-state index contributed by atoms with van der Waals surface area (Å²) in [5.41, 5.74) is 8.13. The van der Waals surface area contributed by atoms with Gasteiger partial charge in [0.1, 0.15) is 29.0 Å². The van der Waals surface area contributed by atoms with Crippen LogP contribution in [0.5, 0.6) is 0 Å². The molecule has 0 aliphatic heterocycles. The Kier molecular flexibility index (Phi) is 13.7. The Hall–Kier alpha value is -10.6. The Morgan fingerprint density at radius 2 is 0.671 bits per heavy atom. The number of nitrogens with one attached hydrogen (secondary N) is 8. The van der Waals surface area contributed by atoms with Crippen molar-refractivity contribution in [2.75, 3.05) is 0 Å². The maximum Gasteiger partial charge on any atom is 0.279 e. The van der Waals surface area contributed by atoms with E-state index in [-0.39, 0.29) is 59.2 Å². The van der Waals surface area contributed by atoms with Crippen LogP contribution in [0, 0.1) is 37.6 Å². The predicted molar refractivity (Wildman–Crippen MR) is 312 cm³/mol. The molecule has 24 heteroatoms. The van der Waals surface area contributed by atoms with Crippen molar-refractivity contribution < 1.29 is 17.6 Å². The second-order valence-electron chi connectivity index (χ2n) is 18.1. The SMILES string of the molecule is O=c1[nH]c(=S)[nH]c2nc(-c3c[nH]c4ccccc34)c(-c3c[nH]c4ccccc34)nc12.O=c1[nH]c(=S)[nH]c2nc(-c3ccc(F)cc3)c(-c3ccc(F)cc3)nc12.O=c1[nH]c(=S)[nH]c2nc(-c3cccc(F)c3)c(-c3cccc(F)c3)nc12. The van der Waals surface area contributed by atoms with Gasteiger partial charge in [-0.2, -0.15) is 0 Å². The van der Waals surface area contributed by atoms with Gasteiger partial charge in [0.15, 0.2) is 47.8 Å². The highest BCUT2D eigenvalue weighted by Gasteiger charge is 2.22. The Labute approximate surface area is 471 Å². The van der Waals surface area contributed by atoms with Crippen molar-refractivity contribution in [1.82, 2.24) is 69.8 Å². The molecule has 82 heavy (non-hydrogen) atoms. The van der Waals surface area contributed by atoms with Gasteiger partial charge >= 0.3 is 0 Å². The second kappa shape index (κ2) is 21.6. The molecule has 6 aromatic carbocycles. The Bertz CT molecular complexity index is 5230. The standard InChI is InChI=1S/C22H14N6OS.2C18H10F2N4OS/c29-21-19-20(27-22(30)28-21)26-18(14-10-24-16-8-4-2-6-12(14)16)17(25-19)13-9-23-15-7-3-1-5-11(13)15;19-11-5-1-9(2-6-11)13-14(10-3-7-12(20)8-4-10)22-16-15(21-13)17(25)24-18(26)23-16;19-11-5-1-3-9(7-11)13-14(10-4-2-6-12(20)8-10)22-16-15(21-13)17(25)24-18(26)23-16/h1-10,23-24H,(H2,26,27,28,29,30);2*1-8H,(H2,22,23,24,25,26). The summed E-state index contributed by atoms with van der Waals surface area (Å²) in [4.78, 5) is 86.7. The molecule has 0 unspecified atom stereocenters. The number of H-pyrrole nitrogens is 8. The van der Waals surface area contributed by atoms with Crippen LogP contribution in [-0.2, 0) is 0 Å². The van der Waals surface area contributed by atoms with Gasteiger partial charge in [0.25, 0.3) is 16.7 Å². The molecule has 0 atom stereocenters. The molecule has 0 radical (unpaired) electrons. The molecule has 14 aromatic rings. The summed E-state index contributed by atoms with van der Waals surface area (Å²) in [5, 5.41) is 2.03. The van der Waals surface area contributed by atoms with Gasteiger partial charge < -0.3 is 24.9 Å². The lowest BCUT2D eigenvalue weighted by Gasteiger charge is -2.10. The van der Waals surface area contributed by atoms with Crippen molar-refractivity contribution in [2.45, 2.75) is 0 Å². The highest BCUT2D eigenvalue weighted by molar-refractivity contribution is 7.71. The Morgan fingerprint density at radius 3 is 1.09 bits per heavy atom. The molecule has 0 amide bonds. The Morgan fingerprint density at radius 1 is 0.329 bits per heavy atom. The summed E-state index contributed by atoms with van der Waals surface area (Å²) in [6, 6.07) is 38.9. The van der Waals surface area contributed by atoms with Crippen LogP contribution >= 0.6 is 36.7 Å². The highest BCUT2D eigenvalue weighted by atomic mass is 32.1. The third-order valence-electron chi connectivity index (χ3n) is 12.8. The van der Waals surface area contributed by atoms with Gasteiger partial charge in [0.2, 0.25) is 0 Å². The van der Waals surface area contributed by atoms with Crippen LogP contribution in [-0.4, -0.2) is 69.8 Å². The number of hydrogen-bond donors (Lipinski definition) is 8. The quantitative estimate of drug-likeness (QED) is 0.0572. The number of halogens is 4. The number of aromatic nitrogens is 14. The second-order valence-corrected chi connectivity index (χ2v) is 19.3. The molecule has 0 saturated carbocycles. The van der Waals surface area contributed by atoms with E-state index in [1.807, 2.05) is 60.9 Å². The molecular weight excluding hydrogens is 1110 g/mol. The fourth-order valence-electron chi connectivity index (χ4n) is 9.15. The van der Waals surface area contributed by atoms with E-state index in [4.69, 9.17) is 46.6 Å². The van der Waals surface area contributed by atoms with Crippen molar-refractivity contribution >= 4 is 92.0 Å². The van der Waals surface area contributed by atoms with Crippen LogP contribution < -0.4 is 16.7 Å². The summed E-state index contributed by atoms with van der Waals surface area (Å²) < 4.78 is 54.4. The fourth-order valence-corrected chi connectivity index (χ4v) is 9.72. The van der Waals surface area contributed by atoms with Gasteiger partial charge in [-0.05, 0) is 122 Å². The van der Waals surface area contributed by atoms with Crippen LogP contribution in [0.25, 0.3) is 123 Å². The minimum Gasteiger partial charge on any atom is -0.360 e. The van der Waals surface area contributed by atoms with Gasteiger partial charge in [-0.15, -0.1) is 0 Å². The minimum atomic E-state index is -0.514. The molecule has 0 saturated heterocycles. The summed E-state index contributed by atoms with van der Waals surface area (Å²) in [6.07, 6.45) is 3.82. The van der Waals surface area contributed by atoms with E-state index in [9.17, 15) is 31.9 Å². The average molecular weight is 1150 g/mol. The zero-order valence-corrected chi connectivity index (χ0v) is 44.1. The first-order valence-electron chi connectivity index (χ1n) is 24.5. The molecular formula is C58H34F4N14O3S3. The summed E-state index contributed by atoms with van der Waals surface area (Å²) in [6.45, 7) is 0. The molecule has 0 fully saturated rings. The van der Waals surface area contributed by atoms with Crippen LogP contribution in [0.2, 0.25) is 0 Å². The lowest BCUT2D eigenvalue weighted by molar-refractivity contribution is 0.627. The number of benzene rings is 6. The van der Waals surface area contributed by atoms with Crippen LogP contribution in [0.1, 0.15) is 0 Å². The van der Waals surface area contributed by atoms with E-state index in [1.165, 1.54) is 72.8 Å². The van der Waals surface area contributed by atoms with Crippen molar-refractivity contribution in [1.29, 1.82) is 0 Å². The Balaban J connectivity index is 0.000000122. The van der Waals surface area contributed by atoms with Crippen molar-refractivity contribution in [3.05, 3.63) is 227 Å². The first-order chi connectivity index (χ1) is 39.7. The number of rotatable bonds is 6. The zero-order valence-electron chi connectivity index (χ0n) is 41.7. The van der Waals surface area contributed by atoms with E-state index in [2.05, 4.69) is 59.8 Å². The van der Waals surface area contributed by atoms with Gasteiger partial charge in [-0.3, -0.25) is 29.3 Å². The molecule has 0 aliphatic carbocycles. The van der Waals surface area contributed by atoms with Crippen molar-refractivity contribution in [2.24, 2.45) is 0 Å².